The molecule has 1 N–H and O–H groups in total. The smallest absolute Gasteiger partial charge is 0.0676 e. The predicted molar refractivity (Wildman–Crippen MR) is 45.3 cm³/mol. The average molecular weight is 154 g/mol. The average Bonchev–Trinajstić information content (AvgIpc) is 2.13. The topological polar surface area (TPSA) is 20.2 Å². The van der Waals surface area contributed by atoms with Crippen molar-refractivity contribution in [2.75, 3.05) is 0 Å². The SMILES string of the molecule is CC1[C@@H]2CCCC[C@@]1(O)CC2. The van der Waals surface area contributed by atoms with E-state index < -0.39 is 0 Å². The van der Waals surface area contributed by atoms with Gasteiger partial charge in [-0.1, -0.05) is 26.2 Å². The molecule has 0 aliphatic heterocycles. The first-order valence-corrected chi connectivity index (χ1v) is 4.95. The van der Waals surface area contributed by atoms with E-state index in [0.29, 0.717) is 5.92 Å². The Hall–Kier alpha value is -0.0400. The van der Waals surface area contributed by atoms with Gasteiger partial charge in [-0.15, -0.1) is 0 Å². The van der Waals surface area contributed by atoms with Crippen LogP contribution in [-0.4, -0.2) is 10.7 Å². The molecule has 64 valence electrons. The van der Waals surface area contributed by atoms with E-state index in [-0.39, 0.29) is 5.60 Å². The predicted octanol–water partition coefficient (Wildman–Crippen LogP) is 2.34. The molecule has 3 atom stereocenters. The maximum atomic E-state index is 10.2. The lowest BCUT2D eigenvalue weighted by Crippen LogP contribution is -2.31. The van der Waals surface area contributed by atoms with Crippen LogP contribution in [0.5, 0.6) is 0 Å². The molecule has 0 amide bonds. The second kappa shape index (κ2) is 2.48. The maximum Gasteiger partial charge on any atom is 0.0676 e. The summed E-state index contributed by atoms with van der Waals surface area (Å²) in [4.78, 5) is 0. The van der Waals surface area contributed by atoms with Crippen LogP contribution in [0.25, 0.3) is 0 Å². The lowest BCUT2D eigenvalue weighted by molar-refractivity contribution is -0.00312. The molecule has 0 aromatic carbocycles. The molecule has 1 unspecified atom stereocenters. The van der Waals surface area contributed by atoms with Crippen LogP contribution in [0.1, 0.15) is 45.4 Å². The van der Waals surface area contributed by atoms with Crippen LogP contribution in [0.3, 0.4) is 0 Å². The van der Waals surface area contributed by atoms with Crippen molar-refractivity contribution in [2.24, 2.45) is 11.8 Å². The molecule has 0 saturated heterocycles. The van der Waals surface area contributed by atoms with E-state index in [0.717, 1.165) is 18.8 Å². The first-order chi connectivity index (χ1) is 5.22. The zero-order valence-corrected chi connectivity index (χ0v) is 7.34. The molecule has 2 saturated carbocycles. The number of aliphatic hydroxyl groups is 1. The summed E-state index contributed by atoms with van der Waals surface area (Å²) in [6.07, 6.45) is 7.36. The minimum absolute atomic E-state index is 0.263. The Morgan fingerprint density at radius 1 is 1.18 bits per heavy atom. The third kappa shape index (κ3) is 1.10. The summed E-state index contributed by atoms with van der Waals surface area (Å²) < 4.78 is 0. The van der Waals surface area contributed by atoms with Gasteiger partial charge < -0.3 is 5.11 Å². The van der Waals surface area contributed by atoms with Crippen molar-refractivity contribution in [1.29, 1.82) is 0 Å². The molecular weight excluding hydrogens is 136 g/mol. The van der Waals surface area contributed by atoms with E-state index >= 15 is 0 Å². The van der Waals surface area contributed by atoms with Crippen molar-refractivity contribution < 1.29 is 5.11 Å². The van der Waals surface area contributed by atoms with Crippen molar-refractivity contribution in [2.45, 2.75) is 51.0 Å². The van der Waals surface area contributed by atoms with Gasteiger partial charge in [0.25, 0.3) is 0 Å². The van der Waals surface area contributed by atoms with Gasteiger partial charge in [0.2, 0.25) is 0 Å². The van der Waals surface area contributed by atoms with E-state index in [1.54, 1.807) is 0 Å². The lowest BCUT2D eigenvalue weighted by Gasteiger charge is -2.27. The van der Waals surface area contributed by atoms with Gasteiger partial charge in [0, 0.05) is 0 Å². The van der Waals surface area contributed by atoms with Crippen LogP contribution in [0.4, 0.5) is 0 Å². The quantitative estimate of drug-likeness (QED) is 0.568. The summed E-state index contributed by atoms with van der Waals surface area (Å²) in [5, 5.41) is 10.2. The van der Waals surface area contributed by atoms with Crippen LogP contribution in [-0.2, 0) is 0 Å². The third-order valence-electron chi connectivity index (χ3n) is 3.94. The Balaban J connectivity index is 2.18. The molecule has 0 heterocycles. The normalized spacial score (nSPS) is 50.7. The fourth-order valence-corrected chi connectivity index (χ4v) is 2.94. The summed E-state index contributed by atoms with van der Waals surface area (Å²) >= 11 is 0. The Morgan fingerprint density at radius 3 is 2.82 bits per heavy atom. The number of hydrogen-bond donors (Lipinski definition) is 1. The summed E-state index contributed by atoms with van der Waals surface area (Å²) in [6, 6.07) is 0. The molecule has 2 aliphatic rings. The second-order valence-electron chi connectivity index (χ2n) is 4.44. The number of rotatable bonds is 0. The van der Waals surface area contributed by atoms with Crippen molar-refractivity contribution >= 4 is 0 Å². The first kappa shape index (κ1) is 7.60. The fourth-order valence-electron chi connectivity index (χ4n) is 2.94. The number of hydrogen-bond acceptors (Lipinski definition) is 1. The van der Waals surface area contributed by atoms with Gasteiger partial charge in [-0.25, -0.2) is 0 Å². The summed E-state index contributed by atoms with van der Waals surface area (Å²) in [7, 11) is 0. The molecule has 2 bridgehead atoms. The van der Waals surface area contributed by atoms with Gasteiger partial charge in [-0.05, 0) is 31.1 Å². The largest absolute Gasteiger partial charge is 0.390 e. The molecule has 1 nitrogen and oxygen atoms in total. The highest BCUT2D eigenvalue weighted by Gasteiger charge is 2.44. The van der Waals surface area contributed by atoms with Crippen molar-refractivity contribution in [3.8, 4) is 0 Å². The van der Waals surface area contributed by atoms with E-state index in [4.69, 9.17) is 0 Å². The van der Waals surface area contributed by atoms with Crippen LogP contribution in [0.2, 0.25) is 0 Å². The molecule has 0 spiro atoms. The fraction of sp³-hybridized carbons (Fsp3) is 1.00. The Kier molecular flexibility index (Phi) is 1.71. The molecule has 2 rings (SSSR count). The van der Waals surface area contributed by atoms with Crippen LogP contribution < -0.4 is 0 Å². The monoisotopic (exact) mass is 154 g/mol. The Labute approximate surface area is 68.8 Å². The maximum absolute atomic E-state index is 10.2. The molecule has 11 heavy (non-hydrogen) atoms. The minimum atomic E-state index is -0.263. The van der Waals surface area contributed by atoms with Crippen molar-refractivity contribution in [3.63, 3.8) is 0 Å². The number of fused-ring (bicyclic) bond motifs is 2. The van der Waals surface area contributed by atoms with E-state index in [9.17, 15) is 5.11 Å². The third-order valence-corrected chi connectivity index (χ3v) is 3.94. The van der Waals surface area contributed by atoms with Gasteiger partial charge in [0.1, 0.15) is 0 Å². The molecule has 2 aliphatic carbocycles. The van der Waals surface area contributed by atoms with Gasteiger partial charge >= 0.3 is 0 Å². The van der Waals surface area contributed by atoms with Gasteiger partial charge in [0.15, 0.2) is 0 Å². The van der Waals surface area contributed by atoms with E-state index in [2.05, 4.69) is 6.92 Å². The summed E-state index contributed by atoms with van der Waals surface area (Å²) in [5.74, 6) is 1.41. The highest BCUT2D eigenvalue weighted by molar-refractivity contribution is 4.96. The minimum Gasteiger partial charge on any atom is -0.390 e. The molecule has 0 aromatic rings. The van der Waals surface area contributed by atoms with E-state index in [1.807, 2.05) is 0 Å². The molecule has 0 aromatic heterocycles. The Bertz CT molecular complexity index is 153. The zero-order valence-electron chi connectivity index (χ0n) is 7.34. The van der Waals surface area contributed by atoms with Gasteiger partial charge in [0.05, 0.1) is 5.60 Å². The van der Waals surface area contributed by atoms with Crippen LogP contribution >= 0.6 is 0 Å². The van der Waals surface area contributed by atoms with Crippen LogP contribution in [0.15, 0.2) is 0 Å². The molecule has 2 fully saturated rings. The van der Waals surface area contributed by atoms with Crippen molar-refractivity contribution in [3.05, 3.63) is 0 Å². The van der Waals surface area contributed by atoms with E-state index in [1.165, 1.54) is 25.7 Å². The summed E-state index contributed by atoms with van der Waals surface area (Å²) in [6.45, 7) is 2.24. The lowest BCUT2D eigenvalue weighted by atomic mass is 9.86. The van der Waals surface area contributed by atoms with Crippen molar-refractivity contribution in [1.82, 2.24) is 0 Å². The highest BCUT2D eigenvalue weighted by Crippen LogP contribution is 2.47. The molecule has 0 radical (unpaired) electrons. The van der Waals surface area contributed by atoms with Gasteiger partial charge in [-0.3, -0.25) is 0 Å². The Morgan fingerprint density at radius 2 is 2.00 bits per heavy atom. The van der Waals surface area contributed by atoms with Gasteiger partial charge in [-0.2, -0.15) is 0 Å². The molecule has 1 heteroatoms. The highest BCUT2D eigenvalue weighted by atomic mass is 16.3. The standard InChI is InChI=1S/C10H18O/c1-8-9-4-2-3-6-10(8,11)7-5-9/h8-9,11H,2-7H2,1H3/t8?,9-,10-/m1/s1. The second-order valence-corrected chi connectivity index (χ2v) is 4.44. The first-order valence-electron chi connectivity index (χ1n) is 4.95. The summed E-state index contributed by atoms with van der Waals surface area (Å²) in [5.41, 5.74) is -0.263. The van der Waals surface area contributed by atoms with Crippen LogP contribution in [0, 0.1) is 11.8 Å². The zero-order chi connectivity index (χ0) is 7.90. The molecular formula is C10H18O.